The van der Waals surface area contributed by atoms with Gasteiger partial charge in [-0.05, 0) is 6.07 Å². The molecule has 130 valence electrons. The largest absolute Gasteiger partial charge is 0.354 e. The third kappa shape index (κ3) is 2.91. The van der Waals surface area contributed by atoms with Gasteiger partial charge in [0.15, 0.2) is 6.20 Å². The van der Waals surface area contributed by atoms with Crippen molar-refractivity contribution in [3.8, 4) is 0 Å². The molecule has 1 aromatic carbocycles. The fourth-order valence-corrected chi connectivity index (χ4v) is 3.32. The van der Waals surface area contributed by atoms with Crippen LogP contribution in [0.1, 0.15) is 11.1 Å². The maximum atomic E-state index is 14.6. The van der Waals surface area contributed by atoms with Crippen molar-refractivity contribution in [2.45, 2.75) is 6.54 Å². The fourth-order valence-electron chi connectivity index (χ4n) is 3.32. The molecule has 3 heterocycles. The van der Waals surface area contributed by atoms with Gasteiger partial charge in [-0.25, -0.2) is 13.6 Å². The Morgan fingerprint density at radius 2 is 2.04 bits per heavy atom. The van der Waals surface area contributed by atoms with E-state index in [1.54, 1.807) is 6.07 Å². The van der Waals surface area contributed by atoms with E-state index < -0.39 is 0 Å². The lowest BCUT2D eigenvalue weighted by Crippen LogP contribution is -2.46. The molecule has 0 amide bonds. The molecule has 7 heteroatoms. The van der Waals surface area contributed by atoms with Gasteiger partial charge in [0, 0.05) is 56.6 Å². The normalized spacial score (nSPS) is 15.0. The highest BCUT2D eigenvalue weighted by molar-refractivity contribution is 5.96. The van der Waals surface area contributed by atoms with Crippen molar-refractivity contribution in [3.63, 3.8) is 0 Å². The Hall–Kier alpha value is -2.67. The van der Waals surface area contributed by atoms with E-state index in [1.807, 2.05) is 56.4 Å². The molecule has 0 atom stereocenters. The number of hydrogen-bond acceptors (Lipinski definition) is 2. The average Bonchev–Trinajstić information content (AvgIpc) is 3.20. The van der Waals surface area contributed by atoms with Crippen molar-refractivity contribution in [2.24, 2.45) is 7.05 Å². The van der Waals surface area contributed by atoms with Crippen LogP contribution >= 0.6 is 0 Å². The smallest absolute Gasteiger partial charge is 0.307 e. The second-order valence-electron chi connectivity index (χ2n) is 6.41. The summed E-state index contributed by atoms with van der Waals surface area (Å²) in [6.45, 7) is 3.76. The number of amidine groups is 1. The number of nitrogens with zero attached hydrogens (tertiary/aromatic N) is 4. The number of aromatic nitrogens is 3. The molecule has 1 saturated heterocycles. The van der Waals surface area contributed by atoms with E-state index in [0.717, 1.165) is 31.8 Å². The van der Waals surface area contributed by atoms with Crippen LogP contribution in [0.3, 0.4) is 0 Å². The zero-order valence-corrected chi connectivity index (χ0v) is 14.2. The van der Waals surface area contributed by atoms with Crippen LogP contribution in [0.2, 0.25) is 0 Å². The Morgan fingerprint density at radius 1 is 1.24 bits per heavy atom. The molecule has 0 bridgehead atoms. The van der Waals surface area contributed by atoms with Gasteiger partial charge in [0.2, 0.25) is 0 Å². The third-order valence-electron chi connectivity index (χ3n) is 4.80. The SMILES string of the molecule is Cn1ccc2n1cc[n+]2Cc1ccc(C(=N)N2CCNCC2)cc1F. The van der Waals surface area contributed by atoms with Crippen LogP contribution in [0.4, 0.5) is 4.39 Å². The van der Waals surface area contributed by atoms with Gasteiger partial charge >= 0.3 is 5.65 Å². The Kier molecular flexibility index (Phi) is 4.01. The first-order valence-corrected chi connectivity index (χ1v) is 8.48. The van der Waals surface area contributed by atoms with Gasteiger partial charge in [0.25, 0.3) is 0 Å². The van der Waals surface area contributed by atoms with Gasteiger partial charge < -0.3 is 10.2 Å². The van der Waals surface area contributed by atoms with Crippen molar-refractivity contribution >= 4 is 11.5 Å². The van der Waals surface area contributed by atoms with Crippen molar-refractivity contribution in [3.05, 3.63) is 59.8 Å². The zero-order chi connectivity index (χ0) is 17.4. The van der Waals surface area contributed by atoms with Gasteiger partial charge in [-0.15, -0.1) is 4.52 Å². The quantitative estimate of drug-likeness (QED) is 0.424. The predicted molar refractivity (Wildman–Crippen MR) is 93.3 cm³/mol. The summed E-state index contributed by atoms with van der Waals surface area (Å²) in [7, 11) is 1.97. The number of halogens is 1. The van der Waals surface area contributed by atoms with Gasteiger partial charge in [-0.1, -0.05) is 12.1 Å². The van der Waals surface area contributed by atoms with Crippen molar-refractivity contribution in [1.82, 2.24) is 19.4 Å². The summed E-state index contributed by atoms with van der Waals surface area (Å²) in [6, 6.07) is 7.13. The maximum absolute atomic E-state index is 14.6. The Balaban J connectivity index is 1.56. The van der Waals surface area contributed by atoms with Crippen LogP contribution < -0.4 is 9.88 Å². The second-order valence-corrected chi connectivity index (χ2v) is 6.41. The van der Waals surface area contributed by atoms with Crippen molar-refractivity contribution < 1.29 is 8.96 Å². The Labute approximate surface area is 145 Å². The van der Waals surface area contributed by atoms with Crippen LogP contribution in [0.25, 0.3) is 5.65 Å². The highest BCUT2D eigenvalue weighted by Crippen LogP contribution is 2.13. The van der Waals surface area contributed by atoms with Crippen molar-refractivity contribution in [1.29, 1.82) is 5.41 Å². The third-order valence-corrected chi connectivity index (χ3v) is 4.80. The lowest BCUT2D eigenvalue weighted by atomic mass is 10.1. The molecule has 2 aromatic heterocycles. The van der Waals surface area contributed by atoms with Crippen LogP contribution in [0.5, 0.6) is 0 Å². The summed E-state index contributed by atoms with van der Waals surface area (Å²) in [5, 5.41) is 11.6. The summed E-state index contributed by atoms with van der Waals surface area (Å²) in [4.78, 5) is 1.99. The van der Waals surface area contributed by atoms with Crippen LogP contribution in [-0.2, 0) is 13.6 Å². The molecule has 0 unspecified atom stereocenters. The number of benzene rings is 1. The molecule has 3 aromatic rings. The van der Waals surface area contributed by atoms with E-state index in [-0.39, 0.29) is 5.82 Å². The number of piperazine rings is 1. The lowest BCUT2D eigenvalue weighted by molar-refractivity contribution is -0.662. The molecular formula is C18H22FN6+. The van der Waals surface area contributed by atoms with Crippen LogP contribution in [-0.4, -0.2) is 46.1 Å². The zero-order valence-electron chi connectivity index (χ0n) is 14.2. The lowest BCUT2D eigenvalue weighted by Gasteiger charge is -2.29. The Morgan fingerprint density at radius 3 is 2.80 bits per heavy atom. The summed E-state index contributed by atoms with van der Waals surface area (Å²) >= 11 is 0. The number of imidazole rings is 1. The van der Waals surface area contributed by atoms with Gasteiger partial charge in [-0.3, -0.25) is 5.41 Å². The van der Waals surface area contributed by atoms with Gasteiger partial charge in [0.05, 0.1) is 0 Å². The molecule has 0 saturated carbocycles. The highest BCUT2D eigenvalue weighted by Gasteiger charge is 2.18. The topological polar surface area (TPSA) is 52.3 Å². The molecule has 0 aliphatic carbocycles. The monoisotopic (exact) mass is 341 g/mol. The highest BCUT2D eigenvalue weighted by atomic mass is 19.1. The van der Waals surface area contributed by atoms with E-state index in [1.165, 1.54) is 6.07 Å². The molecule has 0 radical (unpaired) electrons. The predicted octanol–water partition coefficient (Wildman–Crippen LogP) is 0.983. The van der Waals surface area contributed by atoms with E-state index in [4.69, 9.17) is 5.41 Å². The summed E-state index contributed by atoms with van der Waals surface area (Å²) in [6.07, 6.45) is 5.88. The molecule has 0 spiro atoms. The minimum absolute atomic E-state index is 0.264. The number of fused-ring (bicyclic) bond motifs is 1. The second kappa shape index (κ2) is 6.33. The Bertz CT molecular complexity index is 919. The maximum Gasteiger partial charge on any atom is 0.307 e. The van der Waals surface area contributed by atoms with E-state index in [9.17, 15) is 4.39 Å². The van der Waals surface area contributed by atoms with Crippen LogP contribution in [0, 0.1) is 11.2 Å². The minimum atomic E-state index is -0.264. The molecule has 6 nitrogen and oxygen atoms in total. The molecule has 1 fully saturated rings. The standard InChI is InChI=1S/C18H22FN6/c1-22-7-4-17-24(10-11-25(17)22)13-15-3-2-14(12-16(15)19)18(20)23-8-5-21-6-9-23/h2-4,7,10-12,20-21H,5-6,8-9,13H2,1H3/q+1. The summed E-state index contributed by atoms with van der Waals surface area (Å²) in [5.74, 6) is 0.133. The first kappa shape index (κ1) is 15.8. The number of nitrogens with one attached hydrogen (secondary N) is 2. The van der Waals surface area contributed by atoms with E-state index in [0.29, 0.717) is 23.5 Å². The minimum Gasteiger partial charge on any atom is -0.354 e. The fraction of sp³-hybridized carbons (Fsp3) is 0.333. The molecule has 2 N–H and O–H groups in total. The molecular weight excluding hydrogens is 319 g/mol. The average molecular weight is 341 g/mol. The summed E-state index contributed by atoms with van der Waals surface area (Å²) in [5.41, 5.74) is 2.27. The summed E-state index contributed by atoms with van der Waals surface area (Å²) < 4.78 is 20.6. The van der Waals surface area contributed by atoms with Crippen LogP contribution in [0.15, 0.2) is 42.9 Å². The van der Waals surface area contributed by atoms with E-state index in [2.05, 4.69) is 5.32 Å². The van der Waals surface area contributed by atoms with Gasteiger partial charge in [-0.2, -0.15) is 0 Å². The molecule has 1 aliphatic heterocycles. The van der Waals surface area contributed by atoms with E-state index >= 15 is 0 Å². The van der Waals surface area contributed by atoms with Gasteiger partial charge in [0.1, 0.15) is 24.4 Å². The molecule has 25 heavy (non-hydrogen) atoms. The number of hydrogen-bond donors (Lipinski definition) is 2. The van der Waals surface area contributed by atoms with Crippen molar-refractivity contribution in [2.75, 3.05) is 26.2 Å². The number of rotatable bonds is 3. The molecule has 1 aliphatic rings. The first-order chi connectivity index (χ1) is 12.1. The first-order valence-electron chi connectivity index (χ1n) is 8.48. The number of aryl methyl sites for hydroxylation is 1. The molecule has 4 rings (SSSR count).